The quantitative estimate of drug-likeness (QED) is 0.114. The molecule has 1 amide bonds. The monoisotopic (exact) mass is 702 g/mol. The molecule has 8 nitrogen and oxygen atoms in total. The number of thioether (sulfide) groups is 1. The van der Waals surface area contributed by atoms with Crippen LogP contribution in [0.3, 0.4) is 0 Å². The summed E-state index contributed by atoms with van der Waals surface area (Å²) in [6.45, 7) is 4.66. The van der Waals surface area contributed by atoms with E-state index in [1.165, 1.54) is 11.8 Å². The van der Waals surface area contributed by atoms with Crippen molar-refractivity contribution in [3.05, 3.63) is 125 Å². The molecule has 1 aromatic heterocycles. The van der Waals surface area contributed by atoms with Crippen molar-refractivity contribution in [3.63, 3.8) is 0 Å². The Hall–Kier alpha value is -4.73. The number of fused-ring (bicyclic) bond motifs is 1. The van der Waals surface area contributed by atoms with Crippen LogP contribution in [0.1, 0.15) is 88.7 Å². The Labute approximate surface area is 303 Å². The van der Waals surface area contributed by atoms with E-state index in [1.54, 1.807) is 12.1 Å². The van der Waals surface area contributed by atoms with Crippen molar-refractivity contribution in [2.45, 2.75) is 83.3 Å². The second kappa shape index (κ2) is 16.1. The number of nitrogens with two attached hydrogens (primary N) is 1. The van der Waals surface area contributed by atoms with Crippen LogP contribution in [0.15, 0.2) is 91.0 Å². The van der Waals surface area contributed by atoms with E-state index in [2.05, 4.69) is 16.8 Å². The van der Waals surface area contributed by atoms with E-state index in [9.17, 15) is 19.5 Å². The number of nitrogens with one attached hydrogen (secondary N) is 1. The molecule has 6 rings (SSSR count). The molecule has 0 spiro atoms. The fraction of sp³-hybridized carbons (Fsp3) is 0.333. The Bertz CT molecular complexity index is 2020. The number of carboxylic acid groups (broad SMARTS) is 1. The van der Waals surface area contributed by atoms with Crippen LogP contribution in [0.4, 0.5) is 0 Å². The summed E-state index contributed by atoms with van der Waals surface area (Å²) in [5, 5.41) is 12.9. The summed E-state index contributed by atoms with van der Waals surface area (Å²) in [5.74, 6) is 0.232. The molecule has 4 aromatic carbocycles. The number of nitrogens with zero attached hydrogens (tertiary/aromatic N) is 2. The molecule has 1 fully saturated rings. The van der Waals surface area contributed by atoms with E-state index < -0.39 is 11.5 Å². The lowest BCUT2D eigenvalue weighted by Gasteiger charge is -2.31. The molecule has 0 unspecified atom stereocenters. The first kappa shape index (κ1) is 36.1. The van der Waals surface area contributed by atoms with Crippen molar-refractivity contribution in [3.8, 4) is 11.1 Å². The molecule has 1 aliphatic carbocycles. The lowest BCUT2D eigenvalue weighted by atomic mass is 9.84. The van der Waals surface area contributed by atoms with E-state index in [4.69, 9.17) is 10.7 Å². The largest absolute Gasteiger partial charge is 0.478 e. The summed E-state index contributed by atoms with van der Waals surface area (Å²) in [4.78, 5) is 44.1. The SMILES string of the molecule is CCCc1nc2c(C)cc(C(=O)N[C@@H](CSC(=O)C3(N)CCCCC3)Cc3ccccc3)cc2n1Cc1ccc(-c2ccccc2C(=O)O)cc1. The van der Waals surface area contributed by atoms with Crippen molar-refractivity contribution in [2.75, 3.05) is 5.75 Å². The molecule has 1 aliphatic rings. The second-order valence-electron chi connectivity index (χ2n) is 13.7. The number of aryl methyl sites for hydroxylation is 2. The minimum absolute atomic E-state index is 0.0123. The first-order valence-electron chi connectivity index (χ1n) is 17.9. The number of carbonyl (C=O) groups excluding carboxylic acids is 2. The molecular weight excluding hydrogens is 657 g/mol. The summed E-state index contributed by atoms with van der Waals surface area (Å²) >= 11 is 1.24. The van der Waals surface area contributed by atoms with Crippen LogP contribution in [-0.4, -0.2) is 49.0 Å². The average Bonchev–Trinajstić information content (AvgIpc) is 3.48. The van der Waals surface area contributed by atoms with Gasteiger partial charge >= 0.3 is 5.97 Å². The molecule has 9 heteroatoms. The van der Waals surface area contributed by atoms with Gasteiger partial charge in [0.05, 0.1) is 22.1 Å². The third-order valence-corrected chi connectivity index (χ3v) is 11.1. The minimum Gasteiger partial charge on any atom is -0.478 e. The molecule has 4 N–H and O–H groups in total. The average molecular weight is 703 g/mol. The van der Waals surface area contributed by atoms with E-state index >= 15 is 0 Å². The van der Waals surface area contributed by atoms with Crippen LogP contribution in [-0.2, 0) is 24.2 Å². The number of hydrogen-bond acceptors (Lipinski definition) is 6. The van der Waals surface area contributed by atoms with Crippen molar-refractivity contribution in [1.82, 2.24) is 14.9 Å². The molecule has 0 saturated heterocycles. The molecule has 1 atom stereocenters. The van der Waals surface area contributed by atoms with Gasteiger partial charge in [-0.3, -0.25) is 9.59 Å². The highest BCUT2D eigenvalue weighted by atomic mass is 32.2. The summed E-state index contributed by atoms with van der Waals surface area (Å²) in [7, 11) is 0. The topological polar surface area (TPSA) is 127 Å². The van der Waals surface area contributed by atoms with E-state index in [0.717, 1.165) is 71.2 Å². The summed E-state index contributed by atoms with van der Waals surface area (Å²) in [5.41, 5.74) is 12.9. The standard InChI is InChI=1S/C42H46N4O4S/c1-3-12-37-45-38-28(2)23-32(25-36(38)46(37)26-30-17-19-31(20-18-30)34-15-8-9-16-35(34)40(48)49)39(47)44-33(24-29-13-6-4-7-14-29)27-51-41(50)42(43)21-10-5-11-22-42/h4,6-9,13-20,23,25,33H,3,5,10-12,21-22,24,26-27,43H2,1-2H3,(H,44,47)(H,48,49)/t33-/m1/s1. The molecule has 0 bridgehead atoms. The number of carbonyl (C=O) groups is 3. The van der Waals surface area contributed by atoms with E-state index in [0.29, 0.717) is 42.7 Å². The molecule has 1 saturated carbocycles. The van der Waals surface area contributed by atoms with Crippen molar-refractivity contribution < 1.29 is 19.5 Å². The highest BCUT2D eigenvalue weighted by Crippen LogP contribution is 2.31. The van der Waals surface area contributed by atoms with Gasteiger partial charge in [-0.05, 0) is 78.6 Å². The van der Waals surface area contributed by atoms with Gasteiger partial charge in [0.15, 0.2) is 0 Å². The third kappa shape index (κ3) is 8.43. The van der Waals surface area contributed by atoms with Crippen LogP contribution in [0.5, 0.6) is 0 Å². The van der Waals surface area contributed by atoms with Gasteiger partial charge < -0.3 is 20.7 Å². The van der Waals surface area contributed by atoms with Gasteiger partial charge in [0.1, 0.15) is 5.82 Å². The lowest BCUT2D eigenvalue weighted by molar-refractivity contribution is -0.116. The highest BCUT2D eigenvalue weighted by Gasteiger charge is 2.35. The van der Waals surface area contributed by atoms with Crippen LogP contribution >= 0.6 is 11.8 Å². The Morgan fingerprint density at radius 3 is 2.35 bits per heavy atom. The maximum Gasteiger partial charge on any atom is 0.336 e. The van der Waals surface area contributed by atoms with Crippen LogP contribution in [0.25, 0.3) is 22.2 Å². The molecule has 51 heavy (non-hydrogen) atoms. The molecule has 1 heterocycles. The molecule has 5 aromatic rings. The van der Waals surface area contributed by atoms with Gasteiger partial charge in [-0.2, -0.15) is 0 Å². The van der Waals surface area contributed by atoms with Crippen LogP contribution < -0.4 is 11.1 Å². The van der Waals surface area contributed by atoms with E-state index in [-0.39, 0.29) is 22.6 Å². The zero-order valence-corrected chi connectivity index (χ0v) is 30.2. The number of hydrogen-bond donors (Lipinski definition) is 3. The van der Waals surface area contributed by atoms with E-state index in [1.807, 2.05) is 85.8 Å². The van der Waals surface area contributed by atoms with Crippen LogP contribution in [0.2, 0.25) is 0 Å². The summed E-state index contributed by atoms with van der Waals surface area (Å²) in [6.07, 6.45) is 6.78. The number of aromatic carboxylic acids is 1. The van der Waals surface area contributed by atoms with Gasteiger partial charge in [0, 0.05) is 30.3 Å². The zero-order valence-electron chi connectivity index (χ0n) is 29.4. The Morgan fingerprint density at radius 2 is 1.65 bits per heavy atom. The Balaban J connectivity index is 1.26. The van der Waals surface area contributed by atoms with Crippen molar-refractivity contribution >= 4 is 39.8 Å². The predicted molar refractivity (Wildman–Crippen MR) is 205 cm³/mol. The maximum absolute atomic E-state index is 14.0. The summed E-state index contributed by atoms with van der Waals surface area (Å²) in [6, 6.07) is 28.5. The van der Waals surface area contributed by atoms with Gasteiger partial charge in [0.25, 0.3) is 5.91 Å². The predicted octanol–water partition coefficient (Wildman–Crippen LogP) is 7.97. The fourth-order valence-electron chi connectivity index (χ4n) is 7.08. The van der Waals surface area contributed by atoms with Gasteiger partial charge in [-0.1, -0.05) is 111 Å². The highest BCUT2D eigenvalue weighted by molar-refractivity contribution is 8.13. The number of benzene rings is 4. The van der Waals surface area contributed by atoms with Crippen molar-refractivity contribution in [2.24, 2.45) is 5.73 Å². The van der Waals surface area contributed by atoms with Gasteiger partial charge in [-0.25, -0.2) is 9.78 Å². The van der Waals surface area contributed by atoms with Crippen LogP contribution in [0, 0.1) is 6.92 Å². The number of carboxylic acids is 1. The van der Waals surface area contributed by atoms with Gasteiger partial charge in [-0.15, -0.1) is 0 Å². The first-order valence-corrected chi connectivity index (χ1v) is 18.9. The Kier molecular flexibility index (Phi) is 11.4. The molecule has 0 radical (unpaired) electrons. The number of amides is 1. The number of imidazole rings is 1. The second-order valence-corrected chi connectivity index (χ2v) is 14.7. The normalized spacial score (nSPS) is 14.6. The fourth-order valence-corrected chi connectivity index (χ4v) is 8.13. The molecule has 0 aliphatic heterocycles. The summed E-state index contributed by atoms with van der Waals surface area (Å²) < 4.78 is 2.18. The third-order valence-electron chi connectivity index (χ3n) is 9.85. The smallest absolute Gasteiger partial charge is 0.336 e. The minimum atomic E-state index is -0.957. The van der Waals surface area contributed by atoms with Gasteiger partial charge in [0.2, 0.25) is 5.12 Å². The zero-order chi connectivity index (χ0) is 36.0. The number of rotatable bonds is 13. The number of aromatic nitrogens is 2. The molecule has 264 valence electrons. The van der Waals surface area contributed by atoms with Crippen molar-refractivity contribution in [1.29, 1.82) is 0 Å². The first-order chi connectivity index (χ1) is 24.6. The molecular formula is C42H46N4O4S. The Morgan fingerprint density at radius 1 is 0.941 bits per heavy atom. The lowest BCUT2D eigenvalue weighted by Crippen LogP contribution is -2.48. The maximum atomic E-state index is 14.0.